The fourth-order valence-corrected chi connectivity index (χ4v) is 2.35. The van der Waals surface area contributed by atoms with Crippen molar-refractivity contribution in [2.75, 3.05) is 7.11 Å². The predicted molar refractivity (Wildman–Crippen MR) is 69.3 cm³/mol. The van der Waals surface area contributed by atoms with E-state index in [1.54, 1.807) is 7.11 Å². The van der Waals surface area contributed by atoms with Gasteiger partial charge in [-0.3, -0.25) is 0 Å². The van der Waals surface area contributed by atoms with Crippen molar-refractivity contribution in [3.8, 4) is 5.75 Å². The Morgan fingerprint density at radius 1 is 1.06 bits per heavy atom. The molecule has 0 aliphatic rings. The Hall–Kier alpha value is -1.50. The highest BCUT2D eigenvalue weighted by molar-refractivity contribution is 5.90. The second-order valence-electron chi connectivity index (χ2n) is 3.98. The van der Waals surface area contributed by atoms with E-state index in [1.807, 2.05) is 0 Å². The van der Waals surface area contributed by atoms with Crippen LogP contribution < -0.4 is 4.74 Å². The Morgan fingerprint density at radius 3 is 2.44 bits per heavy atom. The molecule has 0 aliphatic heterocycles. The molecule has 0 amide bonds. The summed E-state index contributed by atoms with van der Waals surface area (Å²) in [7, 11) is 1.76. The third kappa shape index (κ3) is 1.67. The first-order valence-corrected chi connectivity index (χ1v) is 5.89. The third-order valence-electron chi connectivity index (χ3n) is 3.14. The highest BCUT2D eigenvalue weighted by atomic mass is 16.5. The van der Waals surface area contributed by atoms with Crippen molar-refractivity contribution in [2.24, 2.45) is 0 Å². The van der Waals surface area contributed by atoms with Gasteiger partial charge in [-0.05, 0) is 29.4 Å². The Balaban J connectivity index is 2.82. The Kier molecular flexibility index (Phi) is 3.14. The first kappa shape index (κ1) is 11.0. The molecule has 0 bridgehead atoms. The summed E-state index contributed by atoms with van der Waals surface area (Å²) in [6, 6.07) is 10.7. The van der Waals surface area contributed by atoms with E-state index in [4.69, 9.17) is 4.74 Å². The van der Waals surface area contributed by atoms with Crippen LogP contribution in [0.15, 0.2) is 30.3 Å². The highest BCUT2D eigenvalue weighted by Crippen LogP contribution is 2.33. The smallest absolute Gasteiger partial charge is 0.130 e. The second kappa shape index (κ2) is 4.56. The summed E-state index contributed by atoms with van der Waals surface area (Å²) in [5.41, 5.74) is 2.75. The van der Waals surface area contributed by atoms with E-state index in [1.165, 1.54) is 21.9 Å². The van der Waals surface area contributed by atoms with Crippen LogP contribution in [0.4, 0.5) is 0 Å². The minimum absolute atomic E-state index is 1.02. The number of ether oxygens (including phenoxy) is 1. The molecule has 0 N–H and O–H groups in total. The maximum atomic E-state index is 5.59. The van der Waals surface area contributed by atoms with E-state index < -0.39 is 0 Å². The van der Waals surface area contributed by atoms with Crippen LogP contribution in [0.2, 0.25) is 0 Å². The molecule has 0 saturated carbocycles. The minimum Gasteiger partial charge on any atom is -0.496 e. The standard InChI is InChI=1S/C15H18O/c1-4-11-10-12-8-6-7-9-14(12)15(16-3)13(11)5-2/h6-10H,4-5H2,1-3H3. The number of fused-ring (bicyclic) bond motifs is 1. The molecule has 0 saturated heterocycles. The number of hydrogen-bond acceptors (Lipinski definition) is 1. The molecule has 84 valence electrons. The lowest BCUT2D eigenvalue weighted by Crippen LogP contribution is -1.97. The van der Waals surface area contributed by atoms with Gasteiger partial charge in [0, 0.05) is 5.39 Å². The maximum absolute atomic E-state index is 5.59. The normalized spacial score (nSPS) is 10.7. The Labute approximate surface area is 97.1 Å². The number of hydrogen-bond donors (Lipinski definition) is 0. The summed E-state index contributed by atoms with van der Waals surface area (Å²) in [4.78, 5) is 0. The SMILES string of the molecule is CCc1cc2ccccc2c(OC)c1CC. The zero-order valence-electron chi connectivity index (χ0n) is 10.2. The molecule has 0 heterocycles. The highest BCUT2D eigenvalue weighted by Gasteiger charge is 2.10. The third-order valence-corrected chi connectivity index (χ3v) is 3.14. The molecule has 0 fully saturated rings. The van der Waals surface area contributed by atoms with Gasteiger partial charge in [0.1, 0.15) is 5.75 Å². The molecule has 0 radical (unpaired) electrons. The lowest BCUT2D eigenvalue weighted by Gasteiger charge is -2.14. The van der Waals surface area contributed by atoms with Gasteiger partial charge in [0.05, 0.1) is 7.11 Å². The molecule has 1 nitrogen and oxygen atoms in total. The van der Waals surface area contributed by atoms with Gasteiger partial charge in [0.25, 0.3) is 0 Å². The summed E-state index contributed by atoms with van der Waals surface area (Å²) in [5, 5.41) is 2.49. The average Bonchev–Trinajstić information content (AvgIpc) is 2.36. The molecular formula is C15H18O. The molecule has 2 aromatic rings. The molecule has 0 spiro atoms. The van der Waals surface area contributed by atoms with Crippen molar-refractivity contribution in [3.63, 3.8) is 0 Å². The lowest BCUT2D eigenvalue weighted by atomic mass is 9.96. The van der Waals surface area contributed by atoms with Crippen LogP contribution in [0, 0.1) is 0 Å². The zero-order chi connectivity index (χ0) is 11.5. The van der Waals surface area contributed by atoms with Crippen LogP contribution in [0.1, 0.15) is 25.0 Å². The zero-order valence-corrected chi connectivity index (χ0v) is 10.2. The van der Waals surface area contributed by atoms with E-state index in [-0.39, 0.29) is 0 Å². The molecule has 0 unspecified atom stereocenters. The van der Waals surface area contributed by atoms with Gasteiger partial charge >= 0.3 is 0 Å². The van der Waals surface area contributed by atoms with E-state index in [0.29, 0.717) is 0 Å². The summed E-state index contributed by atoms with van der Waals surface area (Å²) >= 11 is 0. The average molecular weight is 214 g/mol. The van der Waals surface area contributed by atoms with Gasteiger partial charge in [0.15, 0.2) is 0 Å². The van der Waals surface area contributed by atoms with Gasteiger partial charge in [0.2, 0.25) is 0 Å². The first-order valence-electron chi connectivity index (χ1n) is 5.89. The fourth-order valence-electron chi connectivity index (χ4n) is 2.35. The molecule has 16 heavy (non-hydrogen) atoms. The molecule has 0 aromatic heterocycles. The molecule has 1 heteroatoms. The molecule has 2 rings (SSSR count). The minimum atomic E-state index is 1.02. The summed E-state index contributed by atoms with van der Waals surface area (Å²) < 4.78 is 5.59. The van der Waals surface area contributed by atoms with Crippen molar-refractivity contribution in [1.82, 2.24) is 0 Å². The van der Waals surface area contributed by atoms with Crippen LogP contribution in [-0.4, -0.2) is 7.11 Å². The van der Waals surface area contributed by atoms with E-state index in [2.05, 4.69) is 44.2 Å². The van der Waals surface area contributed by atoms with Gasteiger partial charge in [-0.15, -0.1) is 0 Å². The number of rotatable bonds is 3. The Bertz CT molecular complexity index is 500. The molecule has 0 atom stereocenters. The lowest BCUT2D eigenvalue weighted by molar-refractivity contribution is 0.414. The van der Waals surface area contributed by atoms with Crippen molar-refractivity contribution in [1.29, 1.82) is 0 Å². The van der Waals surface area contributed by atoms with E-state index >= 15 is 0 Å². The molecule has 0 aliphatic carbocycles. The first-order chi connectivity index (χ1) is 7.81. The van der Waals surface area contributed by atoms with Crippen molar-refractivity contribution >= 4 is 10.8 Å². The van der Waals surface area contributed by atoms with Gasteiger partial charge in [-0.1, -0.05) is 44.2 Å². The number of benzene rings is 2. The molecular weight excluding hydrogens is 196 g/mol. The monoisotopic (exact) mass is 214 g/mol. The number of methoxy groups -OCH3 is 1. The van der Waals surface area contributed by atoms with Crippen LogP contribution in [0.3, 0.4) is 0 Å². The van der Waals surface area contributed by atoms with Crippen molar-refractivity contribution < 1.29 is 4.74 Å². The van der Waals surface area contributed by atoms with Crippen LogP contribution in [0.25, 0.3) is 10.8 Å². The van der Waals surface area contributed by atoms with Crippen LogP contribution in [0.5, 0.6) is 5.75 Å². The quantitative estimate of drug-likeness (QED) is 0.751. The molecule has 2 aromatic carbocycles. The second-order valence-corrected chi connectivity index (χ2v) is 3.98. The van der Waals surface area contributed by atoms with Gasteiger partial charge in [-0.2, -0.15) is 0 Å². The van der Waals surface area contributed by atoms with Crippen molar-refractivity contribution in [3.05, 3.63) is 41.5 Å². The van der Waals surface area contributed by atoms with Gasteiger partial charge < -0.3 is 4.74 Å². The maximum Gasteiger partial charge on any atom is 0.130 e. The van der Waals surface area contributed by atoms with E-state index in [9.17, 15) is 0 Å². The topological polar surface area (TPSA) is 9.23 Å². The fraction of sp³-hybridized carbons (Fsp3) is 0.333. The van der Waals surface area contributed by atoms with Crippen LogP contribution >= 0.6 is 0 Å². The summed E-state index contributed by atoms with van der Waals surface area (Å²) in [6.07, 6.45) is 2.08. The van der Waals surface area contributed by atoms with Crippen LogP contribution in [-0.2, 0) is 12.8 Å². The van der Waals surface area contributed by atoms with Crippen molar-refractivity contribution in [2.45, 2.75) is 26.7 Å². The summed E-state index contributed by atoms with van der Waals surface area (Å²) in [6.45, 7) is 4.38. The summed E-state index contributed by atoms with van der Waals surface area (Å²) in [5.74, 6) is 1.05. The predicted octanol–water partition coefficient (Wildman–Crippen LogP) is 3.97. The van der Waals surface area contributed by atoms with Gasteiger partial charge in [-0.25, -0.2) is 0 Å². The largest absolute Gasteiger partial charge is 0.496 e. The Morgan fingerprint density at radius 2 is 1.81 bits per heavy atom. The van der Waals surface area contributed by atoms with E-state index in [0.717, 1.165) is 18.6 Å². The number of aryl methyl sites for hydroxylation is 1.